The van der Waals surface area contributed by atoms with E-state index >= 15 is 0 Å². The molecule has 4 amide bonds. The molecule has 4 atom stereocenters. The minimum absolute atomic E-state index is 0.0125. The van der Waals surface area contributed by atoms with Crippen molar-refractivity contribution in [2.24, 2.45) is 22.2 Å². The molecule has 4 aromatic rings. The van der Waals surface area contributed by atoms with E-state index in [0.717, 1.165) is 64.4 Å². The topological polar surface area (TPSA) is 158 Å². The molecule has 3 fully saturated rings. The molecule has 3 aliphatic heterocycles. The second kappa shape index (κ2) is 19.9. The van der Waals surface area contributed by atoms with Gasteiger partial charge in [0, 0.05) is 60.7 Å². The first-order chi connectivity index (χ1) is 33.1. The van der Waals surface area contributed by atoms with Gasteiger partial charge in [-0.3, -0.25) is 19.2 Å². The number of carbonyl (C=O) groups is 4. The fourth-order valence-electron chi connectivity index (χ4n) is 11.6. The summed E-state index contributed by atoms with van der Waals surface area (Å²) in [5.74, 6) is -0.337. The van der Waals surface area contributed by atoms with Gasteiger partial charge in [-0.1, -0.05) is 90.4 Å². The fourth-order valence-corrected chi connectivity index (χ4v) is 12.7. The number of aromatic nitrogens is 1. The minimum Gasteiger partial charge on any atom is -0.489 e. The molecule has 0 spiro atoms. The predicted molar refractivity (Wildman–Crippen MR) is 272 cm³/mol. The summed E-state index contributed by atoms with van der Waals surface area (Å²) in [6.45, 7) is 27.6. The third-order valence-electron chi connectivity index (χ3n) is 14.9. The van der Waals surface area contributed by atoms with Crippen molar-refractivity contribution in [3.05, 3.63) is 105 Å². The number of β-amino-alcohol motifs (C(OH)–C–C–N with tert-alkyl or cyclic N) is 1. The summed E-state index contributed by atoms with van der Waals surface area (Å²) < 4.78 is 12.5. The minimum atomic E-state index is -0.958. The van der Waals surface area contributed by atoms with Crippen molar-refractivity contribution in [3.8, 4) is 16.2 Å². The first-order valence-electron chi connectivity index (χ1n) is 24.3. The van der Waals surface area contributed by atoms with E-state index in [-0.39, 0.29) is 66.3 Å². The SMILES string of the molecule is [C-]#[N+]c1ccc(OC2C(C)(C)C(N3Cc4cc(N5CCC(COCC(=O)N[C@H](C(=O)N6C[C@H](O)C[C@H]6C(=O)N[C@@H](C)c6ccc(-c7scnc7C)cc6)C(C)(C)C)CC5)ccc4C3=O)C2(C)C)cc1Cl. The van der Waals surface area contributed by atoms with Crippen molar-refractivity contribution in [2.75, 3.05) is 37.7 Å². The molecule has 1 aliphatic carbocycles. The Hall–Kier alpha value is -5.53. The zero-order chi connectivity index (χ0) is 50.4. The molecule has 3 aromatic carbocycles. The van der Waals surface area contributed by atoms with Crippen LogP contribution in [0.2, 0.25) is 5.02 Å². The highest BCUT2D eigenvalue weighted by Gasteiger charge is 2.67. The molecule has 1 aromatic heterocycles. The van der Waals surface area contributed by atoms with Crippen LogP contribution in [0, 0.1) is 35.7 Å². The van der Waals surface area contributed by atoms with E-state index in [4.69, 9.17) is 27.6 Å². The third kappa shape index (κ3) is 10.2. The molecule has 2 saturated heterocycles. The van der Waals surface area contributed by atoms with Crippen LogP contribution >= 0.6 is 22.9 Å². The van der Waals surface area contributed by atoms with E-state index in [1.807, 2.05) is 81.4 Å². The lowest BCUT2D eigenvalue weighted by atomic mass is 9.49. The number of hydrogen-bond donors (Lipinski definition) is 3. The number of halogens is 1. The number of thiazole rings is 1. The highest BCUT2D eigenvalue weighted by atomic mass is 35.5. The number of aliphatic hydroxyl groups excluding tert-OH is 1. The quantitative estimate of drug-likeness (QED) is 0.105. The largest absolute Gasteiger partial charge is 0.489 e. The van der Waals surface area contributed by atoms with E-state index in [1.165, 1.54) is 4.90 Å². The van der Waals surface area contributed by atoms with Crippen LogP contribution in [-0.2, 0) is 25.7 Å². The van der Waals surface area contributed by atoms with Crippen LogP contribution in [0.1, 0.15) is 108 Å². The molecule has 14 nitrogen and oxygen atoms in total. The molecule has 70 heavy (non-hydrogen) atoms. The molecule has 0 bridgehead atoms. The van der Waals surface area contributed by atoms with Crippen molar-refractivity contribution >= 4 is 57.9 Å². The molecular weight excluding hydrogens is 926 g/mol. The van der Waals surface area contributed by atoms with Gasteiger partial charge in [-0.2, -0.15) is 0 Å². The second-order valence-electron chi connectivity index (χ2n) is 21.9. The Morgan fingerprint density at radius 3 is 2.34 bits per heavy atom. The summed E-state index contributed by atoms with van der Waals surface area (Å²) in [7, 11) is 0. The van der Waals surface area contributed by atoms with E-state index in [0.29, 0.717) is 29.6 Å². The number of nitrogens with one attached hydrogen (secondary N) is 2. The predicted octanol–water partition coefficient (Wildman–Crippen LogP) is 8.76. The summed E-state index contributed by atoms with van der Waals surface area (Å²) in [5, 5.41) is 17.0. The van der Waals surface area contributed by atoms with Crippen molar-refractivity contribution in [2.45, 2.75) is 124 Å². The summed E-state index contributed by atoms with van der Waals surface area (Å²) in [5.41, 5.74) is 6.52. The van der Waals surface area contributed by atoms with Gasteiger partial charge in [-0.05, 0) is 85.0 Å². The number of aliphatic hydroxyl groups is 1. The lowest BCUT2D eigenvalue weighted by Gasteiger charge is -2.65. The summed E-state index contributed by atoms with van der Waals surface area (Å²) in [6, 6.07) is 17.0. The maximum atomic E-state index is 14.2. The smallest absolute Gasteiger partial charge is 0.254 e. The molecule has 4 heterocycles. The number of benzene rings is 3. The molecule has 4 aliphatic rings. The highest BCUT2D eigenvalue weighted by Crippen LogP contribution is 2.59. The number of anilines is 1. The molecule has 8 rings (SSSR count). The summed E-state index contributed by atoms with van der Waals surface area (Å²) >= 11 is 7.90. The van der Waals surface area contributed by atoms with E-state index in [1.54, 1.807) is 29.5 Å². The van der Waals surface area contributed by atoms with Crippen molar-refractivity contribution in [1.82, 2.24) is 25.4 Å². The Morgan fingerprint density at radius 2 is 1.71 bits per heavy atom. The Balaban J connectivity index is 0.804. The number of rotatable bonds is 14. The van der Waals surface area contributed by atoms with Gasteiger partial charge in [0.15, 0.2) is 0 Å². The van der Waals surface area contributed by atoms with Crippen LogP contribution in [0.15, 0.2) is 66.2 Å². The maximum absolute atomic E-state index is 14.2. The van der Waals surface area contributed by atoms with Crippen LogP contribution in [0.5, 0.6) is 5.75 Å². The van der Waals surface area contributed by atoms with Crippen LogP contribution in [0.3, 0.4) is 0 Å². The number of aryl methyl sites for hydroxylation is 1. The number of nitrogens with zero attached hydrogens (tertiary/aromatic N) is 5. The van der Waals surface area contributed by atoms with Gasteiger partial charge in [-0.15, -0.1) is 11.3 Å². The van der Waals surface area contributed by atoms with Crippen LogP contribution < -0.4 is 20.3 Å². The summed E-state index contributed by atoms with van der Waals surface area (Å²) in [4.78, 5) is 69.9. The Labute approximate surface area is 420 Å². The van der Waals surface area contributed by atoms with Crippen molar-refractivity contribution in [3.63, 3.8) is 0 Å². The lowest BCUT2D eigenvalue weighted by Crippen LogP contribution is -2.74. The number of likely N-dealkylation sites (tertiary alicyclic amines) is 1. The number of piperidine rings is 1. The van der Waals surface area contributed by atoms with Gasteiger partial charge in [0.1, 0.15) is 30.5 Å². The first-order valence-corrected chi connectivity index (χ1v) is 25.5. The molecule has 16 heteroatoms. The fraction of sp³-hybridized carbons (Fsp3) is 0.519. The Morgan fingerprint density at radius 1 is 1.01 bits per heavy atom. The molecule has 0 unspecified atom stereocenters. The number of ether oxygens (including phenoxy) is 2. The zero-order valence-electron chi connectivity index (χ0n) is 41.7. The number of hydrogen-bond acceptors (Lipinski definition) is 10. The van der Waals surface area contributed by atoms with E-state index in [9.17, 15) is 24.3 Å². The van der Waals surface area contributed by atoms with Crippen molar-refractivity contribution < 1.29 is 33.8 Å². The highest BCUT2D eigenvalue weighted by molar-refractivity contribution is 7.13. The van der Waals surface area contributed by atoms with Gasteiger partial charge >= 0.3 is 0 Å². The van der Waals surface area contributed by atoms with Gasteiger partial charge in [-0.25, -0.2) is 9.83 Å². The Kier molecular flexibility index (Phi) is 14.5. The lowest BCUT2D eigenvalue weighted by molar-refractivity contribution is -0.199. The molecule has 0 radical (unpaired) electrons. The van der Waals surface area contributed by atoms with Crippen LogP contribution in [0.4, 0.5) is 11.4 Å². The molecule has 3 N–H and O–H groups in total. The van der Waals surface area contributed by atoms with Gasteiger partial charge < -0.3 is 39.9 Å². The molecular formula is C54H66ClN7O7S. The zero-order valence-corrected chi connectivity index (χ0v) is 43.2. The standard InChI is InChI=1S/C54H66ClN7O7S/c1-31(34-11-13-35(14-12-34)45-32(2)57-30-70-45)58-47(65)43-24-38(63)27-61(43)49(67)46(52(3,4)5)59-44(64)29-68-28-33-19-21-60(22-20-33)37-15-17-40-36(23-37)26-62(48(40)66)50-53(6,7)51(54(50,8)9)69-39-16-18-42(56-10)41(55)25-39/h11-18,23,25,30-31,33,38,43,46,50-51,63H,19-22,24,26-29H2,1-9H3,(H,58,65)(H,59,64)/t31-,38+,43-,46+,50?,51?/m0/s1. The Bertz CT molecular complexity index is 2650. The second-order valence-corrected chi connectivity index (χ2v) is 23.1. The van der Waals surface area contributed by atoms with Gasteiger partial charge in [0.05, 0.1) is 46.4 Å². The van der Waals surface area contributed by atoms with Crippen molar-refractivity contribution in [1.29, 1.82) is 0 Å². The molecule has 1 saturated carbocycles. The molecule has 372 valence electrons. The van der Waals surface area contributed by atoms with Crippen LogP contribution in [-0.4, -0.2) is 107 Å². The summed E-state index contributed by atoms with van der Waals surface area (Å²) in [6.07, 6.45) is 0.757. The average Bonchev–Trinajstić information content (AvgIpc) is 4.02. The number of carbonyl (C=O) groups excluding carboxylic acids is 4. The van der Waals surface area contributed by atoms with E-state index < -0.39 is 35.4 Å². The maximum Gasteiger partial charge on any atom is 0.254 e. The van der Waals surface area contributed by atoms with Gasteiger partial charge in [0.25, 0.3) is 5.91 Å². The monoisotopic (exact) mass is 991 g/mol. The third-order valence-corrected chi connectivity index (χ3v) is 16.2. The van der Waals surface area contributed by atoms with Gasteiger partial charge in [0.2, 0.25) is 23.4 Å². The normalized spacial score (nSPS) is 22.7. The number of amides is 4. The first kappa shape index (κ1) is 50.8. The van der Waals surface area contributed by atoms with Crippen LogP contribution in [0.25, 0.3) is 15.3 Å². The van der Waals surface area contributed by atoms with E-state index in [2.05, 4.69) is 59.1 Å². The number of fused-ring (bicyclic) bond motifs is 1. The average molecular weight is 993 g/mol.